The molecule has 0 aliphatic rings. The first-order valence-electron chi connectivity index (χ1n) is 6.64. The zero-order valence-corrected chi connectivity index (χ0v) is 12.0. The lowest BCUT2D eigenvalue weighted by Crippen LogP contribution is -2.22. The van der Waals surface area contributed by atoms with Crippen molar-refractivity contribution in [3.05, 3.63) is 18.0 Å². The summed E-state index contributed by atoms with van der Waals surface area (Å²) in [6.45, 7) is 13.2. The molecule has 0 unspecified atom stereocenters. The summed E-state index contributed by atoms with van der Waals surface area (Å²) in [6, 6.07) is 0. The molecular formula is C14H27N3. The van der Waals surface area contributed by atoms with E-state index >= 15 is 0 Å². The minimum atomic E-state index is 0.0914. The highest BCUT2D eigenvalue weighted by atomic mass is 15.3. The molecule has 0 radical (unpaired) electrons. The van der Waals surface area contributed by atoms with Gasteiger partial charge in [0, 0.05) is 6.20 Å². The van der Waals surface area contributed by atoms with Crippen molar-refractivity contribution in [3.8, 4) is 0 Å². The molecule has 1 N–H and O–H groups in total. The summed E-state index contributed by atoms with van der Waals surface area (Å²) < 4.78 is 2.05. The highest BCUT2D eigenvalue weighted by molar-refractivity contribution is 5.05. The summed E-state index contributed by atoms with van der Waals surface area (Å²) in [6.07, 6.45) is 6.46. The Morgan fingerprint density at radius 2 is 2.06 bits per heavy atom. The fraction of sp³-hybridized carbons (Fsp3) is 0.786. The number of aromatic nitrogens is 2. The van der Waals surface area contributed by atoms with Gasteiger partial charge in [0.15, 0.2) is 0 Å². The van der Waals surface area contributed by atoms with Gasteiger partial charge in [0.25, 0.3) is 0 Å². The van der Waals surface area contributed by atoms with Crippen molar-refractivity contribution < 1.29 is 0 Å². The van der Waals surface area contributed by atoms with Crippen LogP contribution in [0.2, 0.25) is 0 Å². The summed E-state index contributed by atoms with van der Waals surface area (Å²) in [7, 11) is 0. The number of aryl methyl sites for hydroxylation is 1. The molecule has 0 bridgehead atoms. The van der Waals surface area contributed by atoms with Crippen LogP contribution >= 0.6 is 0 Å². The Labute approximate surface area is 106 Å². The van der Waals surface area contributed by atoms with E-state index in [1.807, 2.05) is 10.9 Å². The Kier molecular flexibility index (Phi) is 5.19. The topological polar surface area (TPSA) is 29.9 Å². The maximum atomic E-state index is 4.41. The molecule has 3 heteroatoms. The first-order chi connectivity index (χ1) is 7.89. The summed E-state index contributed by atoms with van der Waals surface area (Å²) in [5.74, 6) is 0.735. The number of hydrogen-bond donors (Lipinski definition) is 1. The van der Waals surface area contributed by atoms with Crippen LogP contribution in [0.4, 0.5) is 0 Å². The van der Waals surface area contributed by atoms with Gasteiger partial charge in [0.05, 0.1) is 11.7 Å². The van der Waals surface area contributed by atoms with Crippen LogP contribution in [0.5, 0.6) is 0 Å². The molecule has 1 heterocycles. The van der Waals surface area contributed by atoms with E-state index in [0.717, 1.165) is 25.4 Å². The molecule has 0 spiro atoms. The molecule has 98 valence electrons. The third kappa shape index (κ3) is 5.35. The predicted molar refractivity (Wildman–Crippen MR) is 73.3 cm³/mol. The standard InChI is InChI=1S/C14H27N3/c1-12(2)9-15-8-6-7-13-10-16-17(11-13)14(3,4)5/h10-12,15H,6-9H2,1-5H3. The Hall–Kier alpha value is -0.830. The fourth-order valence-electron chi connectivity index (χ4n) is 1.66. The molecule has 0 saturated carbocycles. The second-order valence-electron chi connectivity index (χ2n) is 6.17. The van der Waals surface area contributed by atoms with Crippen molar-refractivity contribution in [2.24, 2.45) is 5.92 Å². The number of hydrogen-bond acceptors (Lipinski definition) is 2. The summed E-state index contributed by atoms with van der Waals surface area (Å²) in [5, 5.41) is 7.88. The molecule has 0 aliphatic carbocycles. The average Bonchev–Trinajstić information content (AvgIpc) is 2.64. The molecule has 3 nitrogen and oxygen atoms in total. The van der Waals surface area contributed by atoms with Gasteiger partial charge in [0.1, 0.15) is 0 Å². The molecule has 1 rings (SSSR count). The maximum Gasteiger partial charge on any atom is 0.0543 e. The molecule has 1 aromatic heterocycles. The van der Waals surface area contributed by atoms with Gasteiger partial charge in [-0.25, -0.2) is 0 Å². The molecule has 0 aliphatic heterocycles. The zero-order chi connectivity index (χ0) is 12.9. The van der Waals surface area contributed by atoms with Gasteiger partial charge in [0.2, 0.25) is 0 Å². The smallest absolute Gasteiger partial charge is 0.0543 e. The fourth-order valence-corrected chi connectivity index (χ4v) is 1.66. The summed E-state index contributed by atoms with van der Waals surface area (Å²) in [4.78, 5) is 0. The third-order valence-corrected chi connectivity index (χ3v) is 2.69. The van der Waals surface area contributed by atoms with E-state index in [2.05, 4.69) is 51.2 Å². The van der Waals surface area contributed by atoms with E-state index in [1.54, 1.807) is 0 Å². The van der Waals surface area contributed by atoms with E-state index in [-0.39, 0.29) is 5.54 Å². The van der Waals surface area contributed by atoms with Crippen LogP contribution in [-0.4, -0.2) is 22.9 Å². The van der Waals surface area contributed by atoms with Gasteiger partial charge in [-0.3, -0.25) is 4.68 Å². The van der Waals surface area contributed by atoms with E-state index in [9.17, 15) is 0 Å². The molecule has 0 saturated heterocycles. The predicted octanol–water partition coefficient (Wildman–Crippen LogP) is 2.82. The van der Waals surface area contributed by atoms with Crippen LogP contribution in [0, 0.1) is 5.92 Å². The highest BCUT2D eigenvalue weighted by Gasteiger charge is 2.13. The van der Waals surface area contributed by atoms with Crippen molar-refractivity contribution in [2.45, 2.75) is 53.0 Å². The van der Waals surface area contributed by atoms with Crippen LogP contribution in [0.25, 0.3) is 0 Å². The van der Waals surface area contributed by atoms with Gasteiger partial charge in [-0.2, -0.15) is 5.10 Å². The van der Waals surface area contributed by atoms with Gasteiger partial charge in [-0.15, -0.1) is 0 Å². The van der Waals surface area contributed by atoms with E-state index in [4.69, 9.17) is 0 Å². The van der Waals surface area contributed by atoms with Crippen molar-refractivity contribution in [1.82, 2.24) is 15.1 Å². The van der Waals surface area contributed by atoms with Crippen LogP contribution < -0.4 is 5.32 Å². The highest BCUT2D eigenvalue weighted by Crippen LogP contribution is 2.13. The zero-order valence-electron chi connectivity index (χ0n) is 12.0. The van der Waals surface area contributed by atoms with Crippen LogP contribution in [0.3, 0.4) is 0 Å². The first-order valence-corrected chi connectivity index (χ1v) is 6.64. The molecule has 0 fully saturated rings. The normalized spacial score (nSPS) is 12.4. The van der Waals surface area contributed by atoms with E-state index in [1.165, 1.54) is 12.0 Å². The van der Waals surface area contributed by atoms with E-state index in [0.29, 0.717) is 0 Å². The third-order valence-electron chi connectivity index (χ3n) is 2.69. The number of rotatable bonds is 6. The molecule has 0 amide bonds. The Bertz CT molecular complexity index is 320. The minimum absolute atomic E-state index is 0.0914. The number of nitrogens with zero attached hydrogens (tertiary/aromatic N) is 2. The van der Waals surface area contributed by atoms with Crippen molar-refractivity contribution in [2.75, 3.05) is 13.1 Å². The molecule has 0 aromatic carbocycles. The lowest BCUT2D eigenvalue weighted by molar-refractivity contribution is 0.355. The first kappa shape index (κ1) is 14.2. The molecular weight excluding hydrogens is 210 g/mol. The Balaban J connectivity index is 2.26. The maximum absolute atomic E-state index is 4.41. The largest absolute Gasteiger partial charge is 0.316 e. The summed E-state index contributed by atoms with van der Waals surface area (Å²) >= 11 is 0. The number of nitrogens with one attached hydrogen (secondary N) is 1. The van der Waals surface area contributed by atoms with Crippen LogP contribution in [-0.2, 0) is 12.0 Å². The van der Waals surface area contributed by atoms with Gasteiger partial charge < -0.3 is 5.32 Å². The summed E-state index contributed by atoms with van der Waals surface area (Å²) in [5.41, 5.74) is 1.43. The SMILES string of the molecule is CC(C)CNCCCc1cnn(C(C)(C)C)c1. The molecule has 0 atom stereocenters. The van der Waals surface area contributed by atoms with Crippen LogP contribution in [0.15, 0.2) is 12.4 Å². The quantitative estimate of drug-likeness (QED) is 0.771. The van der Waals surface area contributed by atoms with Gasteiger partial charge in [-0.1, -0.05) is 13.8 Å². The Morgan fingerprint density at radius 3 is 2.59 bits per heavy atom. The second kappa shape index (κ2) is 6.20. The van der Waals surface area contributed by atoms with E-state index < -0.39 is 0 Å². The van der Waals surface area contributed by atoms with Crippen molar-refractivity contribution in [1.29, 1.82) is 0 Å². The van der Waals surface area contributed by atoms with Gasteiger partial charge >= 0.3 is 0 Å². The Morgan fingerprint density at radius 1 is 1.35 bits per heavy atom. The average molecular weight is 237 g/mol. The second-order valence-corrected chi connectivity index (χ2v) is 6.17. The van der Waals surface area contributed by atoms with Gasteiger partial charge in [-0.05, 0) is 58.2 Å². The molecule has 1 aromatic rings. The monoisotopic (exact) mass is 237 g/mol. The molecule has 17 heavy (non-hydrogen) atoms. The van der Waals surface area contributed by atoms with Crippen molar-refractivity contribution in [3.63, 3.8) is 0 Å². The van der Waals surface area contributed by atoms with Crippen LogP contribution in [0.1, 0.15) is 46.6 Å². The lowest BCUT2D eigenvalue weighted by Gasteiger charge is -2.18. The lowest BCUT2D eigenvalue weighted by atomic mass is 10.1. The minimum Gasteiger partial charge on any atom is -0.316 e. The van der Waals surface area contributed by atoms with Crippen molar-refractivity contribution >= 4 is 0 Å².